The van der Waals surface area contributed by atoms with Gasteiger partial charge in [-0.3, -0.25) is 4.68 Å². The normalized spacial score (nSPS) is 12.7. The van der Waals surface area contributed by atoms with E-state index in [1.807, 2.05) is 39.5 Å². The first-order valence-electron chi connectivity index (χ1n) is 5.62. The second kappa shape index (κ2) is 4.63. The van der Waals surface area contributed by atoms with Crippen LogP contribution in [0.15, 0.2) is 18.5 Å². The van der Waals surface area contributed by atoms with Crippen molar-refractivity contribution < 1.29 is 0 Å². The maximum atomic E-state index is 4.50. The minimum absolute atomic E-state index is 0.257. The Morgan fingerprint density at radius 2 is 2.18 bits per heavy atom. The monoisotopic (exact) mass is 231 g/mol. The van der Waals surface area contributed by atoms with Gasteiger partial charge in [0.15, 0.2) is 5.82 Å². The largest absolute Gasteiger partial charge is 0.313 e. The average Bonchev–Trinajstić information content (AvgIpc) is 2.75. The highest BCUT2D eigenvalue weighted by molar-refractivity contribution is 5.48. The summed E-state index contributed by atoms with van der Waals surface area (Å²) in [6.07, 6.45) is 3.76. The zero-order chi connectivity index (χ0) is 12.4. The van der Waals surface area contributed by atoms with E-state index in [4.69, 9.17) is 0 Å². The molecule has 0 aliphatic carbocycles. The van der Waals surface area contributed by atoms with Crippen molar-refractivity contribution in [2.45, 2.75) is 19.9 Å². The molecule has 0 fully saturated rings. The Hall–Kier alpha value is -1.75. The summed E-state index contributed by atoms with van der Waals surface area (Å²) >= 11 is 0. The topological polar surface area (TPSA) is 55.6 Å². The van der Waals surface area contributed by atoms with Gasteiger partial charge in [-0.15, -0.1) is 0 Å². The van der Waals surface area contributed by atoms with E-state index in [1.54, 1.807) is 4.68 Å². The number of nitrogens with one attached hydrogen (secondary N) is 1. The summed E-state index contributed by atoms with van der Waals surface area (Å²) in [5.41, 5.74) is 2.91. The lowest BCUT2D eigenvalue weighted by atomic mass is 10.1. The summed E-state index contributed by atoms with van der Waals surface area (Å²) in [4.78, 5) is 8.86. The summed E-state index contributed by atoms with van der Waals surface area (Å²) in [5.74, 6) is 0.676. The van der Waals surface area contributed by atoms with Crippen LogP contribution in [0.3, 0.4) is 0 Å². The molecule has 0 aliphatic rings. The van der Waals surface area contributed by atoms with E-state index in [2.05, 4.69) is 27.3 Å². The highest BCUT2D eigenvalue weighted by Crippen LogP contribution is 2.18. The van der Waals surface area contributed by atoms with Crippen molar-refractivity contribution in [2.24, 2.45) is 7.05 Å². The molecule has 0 amide bonds. The lowest BCUT2D eigenvalue weighted by molar-refractivity contribution is 0.641. The Morgan fingerprint density at radius 1 is 1.41 bits per heavy atom. The summed E-state index contributed by atoms with van der Waals surface area (Å²) in [7, 11) is 3.81. The maximum Gasteiger partial charge on any atom is 0.180 e. The van der Waals surface area contributed by atoms with Crippen LogP contribution in [0.25, 0.3) is 11.5 Å². The van der Waals surface area contributed by atoms with E-state index >= 15 is 0 Å². The van der Waals surface area contributed by atoms with Crippen LogP contribution in [0, 0.1) is 6.92 Å². The Morgan fingerprint density at radius 3 is 2.71 bits per heavy atom. The molecule has 5 nitrogen and oxygen atoms in total. The molecule has 0 aliphatic heterocycles. The van der Waals surface area contributed by atoms with Crippen molar-refractivity contribution in [1.29, 1.82) is 0 Å². The predicted molar refractivity (Wildman–Crippen MR) is 66.4 cm³/mol. The Labute approximate surface area is 101 Å². The smallest absolute Gasteiger partial charge is 0.180 e. The highest BCUT2D eigenvalue weighted by atomic mass is 15.3. The number of hydrogen-bond donors (Lipinski definition) is 1. The van der Waals surface area contributed by atoms with E-state index in [9.17, 15) is 0 Å². The zero-order valence-corrected chi connectivity index (χ0v) is 10.6. The summed E-state index contributed by atoms with van der Waals surface area (Å²) in [5, 5.41) is 7.48. The van der Waals surface area contributed by atoms with Gasteiger partial charge in [-0.1, -0.05) is 0 Å². The molecule has 2 heterocycles. The van der Waals surface area contributed by atoms with E-state index < -0.39 is 0 Å². The Balaban J connectivity index is 2.37. The van der Waals surface area contributed by atoms with Gasteiger partial charge in [0, 0.05) is 36.7 Å². The van der Waals surface area contributed by atoms with Crippen LogP contribution in [-0.2, 0) is 7.05 Å². The van der Waals surface area contributed by atoms with Crippen molar-refractivity contribution in [1.82, 2.24) is 25.1 Å². The predicted octanol–water partition coefficient (Wildman–Crippen LogP) is 1.47. The fourth-order valence-corrected chi connectivity index (χ4v) is 1.71. The quantitative estimate of drug-likeness (QED) is 0.869. The second-order valence-electron chi connectivity index (χ2n) is 4.12. The third-order valence-electron chi connectivity index (χ3n) is 2.86. The van der Waals surface area contributed by atoms with Gasteiger partial charge in [0.1, 0.15) is 5.69 Å². The number of aryl methyl sites for hydroxylation is 2. The molecule has 0 radical (unpaired) electrons. The standard InChI is InChI=1S/C12H17N5/c1-8(13-3)10-7-14-12(15-9(10)2)11-5-6-17(4)16-11/h5-8,13H,1-4H3. The second-order valence-corrected chi connectivity index (χ2v) is 4.12. The van der Waals surface area contributed by atoms with Gasteiger partial charge in [0.05, 0.1) is 0 Å². The number of aromatic nitrogens is 4. The molecule has 5 heteroatoms. The molecule has 0 saturated heterocycles. The van der Waals surface area contributed by atoms with E-state index in [0.717, 1.165) is 17.0 Å². The molecule has 0 saturated carbocycles. The molecule has 0 spiro atoms. The van der Waals surface area contributed by atoms with Crippen molar-refractivity contribution in [3.8, 4) is 11.5 Å². The van der Waals surface area contributed by atoms with Gasteiger partial charge in [-0.25, -0.2) is 9.97 Å². The number of nitrogens with zero attached hydrogens (tertiary/aromatic N) is 4. The molecule has 2 aromatic rings. The Bertz CT molecular complexity index is 517. The summed E-state index contributed by atoms with van der Waals surface area (Å²) in [6, 6.07) is 2.17. The minimum atomic E-state index is 0.257. The van der Waals surface area contributed by atoms with Crippen LogP contribution in [0.1, 0.15) is 24.2 Å². The molecule has 1 unspecified atom stereocenters. The molecule has 2 aromatic heterocycles. The molecule has 1 atom stereocenters. The average molecular weight is 231 g/mol. The highest BCUT2D eigenvalue weighted by Gasteiger charge is 2.11. The lowest BCUT2D eigenvalue weighted by Gasteiger charge is -2.12. The van der Waals surface area contributed by atoms with Gasteiger partial charge in [-0.05, 0) is 27.0 Å². The molecular formula is C12H17N5. The van der Waals surface area contributed by atoms with E-state index in [0.29, 0.717) is 5.82 Å². The van der Waals surface area contributed by atoms with Crippen LogP contribution in [0.5, 0.6) is 0 Å². The van der Waals surface area contributed by atoms with Gasteiger partial charge in [-0.2, -0.15) is 5.10 Å². The van der Waals surface area contributed by atoms with Gasteiger partial charge in [0.25, 0.3) is 0 Å². The van der Waals surface area contributed by atoms with Crippen molar-refractivity contribution in [3.63, 3.8) is 0 Å². The first kappa shape index (κ1) is 11.7. The Kier molecular flexibility index (Phi) is 3.19. The molecule has 90 valence electrons. The molecule has 17 heavy (non-hydrogen) atoms. The minimum Gasteiger partial charge on any atom is -0.313 e. The van der Waals surface area contributed by atoms with Crippen LogP contribution >= 0.6 is 0 Å². The zero-order valence-electron chi connectivity index (χ0n) is 10.6. The van der Waals surface area contributed by atoms with Crippen molar-refractivity contribution >= 4 is 0 Å². The maximum absolute atomic E-state index is 4.50. The van der Waals surface area contributed by atoms with Crippen LogP contribution in [0.4, 0.5) is 0 Å². The first-order chi connectivity index (χ1) is 8.11. The first-order valence-corrected chi connectivity index (χ1v) is 5.62. The van der Waals surface area contributed by atoms with Crippen molar-refractivity contribution in [3.05, 3.63) is 29.7 Å². The number of hydrogen-bond acceptors (Lipinski definition) is 4. The fourth-order valence-electron chi connectivity index (χ4n) is 1.71. The van der Waals surface area contributed by atoms with E-state index in [-0.39, 0.29) is 6.04 Å². The van der Waals surface area contributed by atoms with Gasteiger partial charge in [0.2, 0.25) is 0 Å². The van der Waals surface area contributed by atoms with Crippen LogP contribution in [-0.4, -0.2) is 26.8 Å². The van der Waals surface area contributed by atoms with Crippen molar-refractivity contribution in [2.75, 3.05) is 7.05 Å². The van der Waals surface area contributed by atoms with Crippen LogP contribution < -0.4 is 5.32 Å². The molecule has 0 aromatic carbocycles. The lowest BCUT2D eigenvalue weighted by Crippen LogP contribution is -2.15. The molecular weight excluding hydrogens is 214 g/mol. The summed E-state index contributed by atoms with van der Waals surface area (Å²) in [6.45, 7) is 4.09. The molecule has 1 N–H and O–H groups in total. The molecule has 2 rings (SSSR count). The number of rotatable bonds is 3. The van der Waals surface area contributed by atoms with Gasteiger partial charge < -0.3 is 5.32 Å². The SMILES string of the molecule is CNC(C)c1cnc(-c2ccn(C)n2)nc1C. The third-order valence-corrected chi connectivity index (χ3v) is 2.86. The van der Waals surface area contributed by atoms with E-state index in [1.165, 1.54) is 0 Å². The summed E-state index contributed by atoms with van der Waals surface area (Å²) < 4.78 is 1.75. The van der Waals surface area contributed by atoms with Crippen LogP contribution in [0.2, 0.25) is 0 Å². The molecule has 0 bridgehead atoms. The fraction of sp³-hybridized carbons (Fsp3) is 0.417. The third kappa shape index (κ3) is 2.34. The van der Waals surface area contributed by atoms with Gasteiger partial charge >= 0.3 is 0 Å².